The summed E-state index contributed by atoms with van der Waals surface area (Å²) in [5.41, 5.74) is 13.8. The summed E-state index contributed by atoms with van der Waals surface area (Å²) in [4.78, 5) is 12.8. The van der Waals surface area contributed by atoms with E-state index in [-0.39, 0.29) is 5.41 Å². The Morgan fingerprint density at radius 1 is 0.490 bits per heavy atom. The van der Waals surface area contributed by atoms with E-state index in [1.807, 2.05) is 24.3 Å². The van der Waals surface area contributed by atoms with Crippen LogP contribution in [0.5, 0.6) is 0 Å². The minimum absolute atomic E-state index is 0.151. The first-order valence-electron chi connectivity index (χ1n) is 17.4. The molecule has 10 rings (SSSR count). The van der Waals surface area contributed by atoms with Gasteiger partial charge < -0.3 is 4.42 Å². The number of aromatic nitrogens is 2. The lowest BCUT2D eigenvalue weighted by Crippen LogP contribution is -2.17. The molecule has 2 heterocycles. The molecule has 0 saturated heterocycles. The minimum atomic E-state index is -0.151. The van der Waals surface area contributed by atoms with Gasteiger partial charge in [-0.25, -0.2) is 9.97 Å². The second-order valence-electron chi connectivity index (χ2n) is 13.8. The Balaban J connectivity index is 1.17. The molecular weight excluding hydrogens is 623 g/mol. The predicted octanol–water partition coefficient (Wildman–Crippen LogP) is 12.6. The fraction of sp³-hybridized carbons (Fsp3) is 0.0638. The number of fused-ring (bicyclic) bond motifs is 7. The Morgan fingerprint density at radius 2 is 1.16 bits per heavy atom. The van der Waals surface area contributed by atoms with Gasteiger partial charge in [0.1, 0.15) is 11.2 Å². The third kappa shape index (κ3) is 4.60. The number of para-hydroxylation sites is 3. The molecule has 0 N–H and O–H groups in total. The van der Waals surface area contributed by atoms with Gasteiger partial charge in [-0.3, -0.25) is 4.90 Å². The molecule has 9 aromatic rings. The predicted molar refractivity (Wildman–Crippen MR) is 210 cm³/mol. The van der Waals surface area contributed by atoms with E-state index in [9.17, 15) is 0 Å². The molecule has 0 unspecified atom stereocenters. The maximum atomic E-state index is 6.41. The van der Waals surface area contributed by atoms with Gasteiger partial charge in [-0.2, -0.15) is 0 Å². The Hall–Kier alpha value is -6.52. The first-order valence-corrected chi connectivity index (χ1v) is 17.4. The first-order chi connectivity index (χ1) is 25.0. The lowest BCUT2D eigenvalue weighted by atomic mass is 9.82. The second kappa shape index (κ2) is 11.3. The summed E-state index contributed by atoms with van der Waals surface area (Å²) >= 11 is 0. The van der Waals surface area contributed by atoms with E-state index in [1.165, 1.54) is 22.3 Å². The molecular formula is C47H33N3O. The highest BCUT2D eigenvalue weighted by Gasteiger charge is 2.36. The largest absolute Gasteiger partial charge is 0.455 e. The number of hydrogen-bond donors (Lipinski definition) is 0. The van der Waals surface area contributed by atoms with Crippen molar-refractivity contribution in [1.29, 1.82) is 0 Å². The minimum Gasteiger partial charge on any atom is -0.455 e. The number of hydrogen-bond acceptors (Lipinski definition) is 4. The normalized spacial score (nSPS) is 13.1. The number of nitrogens with zero attached hydrogens (tertiary/aromatic N) is 3. The van der Waals surface area contributed by atoms with Crippen LogP contribution in [0.25, 0.3) is 66.4 Å². The number of anilines is 3. The summed E-state index contributed by atoms with van der Waals surface area (Å²) in [6.07, 6.45) is 0. The Morgan fingerprint density at radius 3 is 2.02 bits per heavy atom. The van der Waals surface area contributed by atoms with E-state index >= 15 is 0 Å². The summed E-state index contributed by atoms with van der Waals surface area (Å²) < 4.78 is 6.41. The zero-order valence-corrected chi connectivity index (χ0v) is 28.3. The van der Waals surface area contributed by atoms with Crippen LogP contribution in [-0.4, -0.2) is 9.97 Å². The van der Waals surface area contributed by atoms with Crippen LogP contribution in [0.4, 0.5) is 17.3 Å². The van der Waals surface area contributed by atoms with E-state index in [0.29, 0.717) is 5.95 Å². The van der Waals surface area contributed by atoms with Crippen molar-refractivity contribution in [3.05, 3.63) is 175 Å². The average molecular weight is 656 g/mol. The summed E-state index contributed by atoms with van der Waals surface area (Å²) in [7, 11) is 0. The highest BCUT2D eigenvalue weighted by atomic mass is 16.3. The van der Waals surface area contributed by atoms with E-state index in [1.54, 1.807) is 0 Å². The highest BCUT2D eigenvalue weighted by molar-refractivity contribution is 6.09. The topological polar surface area (TPSA) is 42.2 Å². The third-order valence-electron chi connectivity index (χ3n) is 10.5. The van der Waals surface area contributed by atoms with Crippen molar-refractivity contribution < 1.29 is 4.42 Å². The van der Waals surface area contributed by atoms with Crippen molar-refractivity contribution in [3.63, 3.8) is 0 Å². The van der Waals surface area contributed by atoms with Crippen molar-refractivity contribution in [2.24, 2.45) is 0 Å². The smallest absolute Gasteiger partial charge is 0.235 e. The van der Waals surface area contributed by atoms with Crippen molar-refractivity contribution in [1.82, 2.24) is 9.97 Å². The van der Waals surface area contributed by atoms with Gasteiger partial charge in [0.2, 0.25) is 5.95 Å². The average Bonchev–Trinajstić information content (AvgIpc) is 3.67. The molecule has 0 amide bonds. The van der Waals surface area contributed by atoms with E-state index < -0.39 is 0 Å². The van der Waals surface area contributed by atoms with Gasteiger partial charge in [0, 0.05) is 44.1 Å². The molecule has 0 aliphatic heterocycles. The summed E-state index contributed by atoms with van der Waals surface area (Å²) in [5.74, 6) is 0.618. The first kappa shape index (κ1) is 29.4. The lowest BCUT2D eigenvalue weighted by Gasteiger charge is -2.27. The number of benzene rings is 7. The molecule has 7 aromatic carbocycles. The van der Waals surface area contributed by atoms with Crippen molar-refractivity contribution >= 4 is 50.2 Å². The summed E-state index contributed by atoms with van der Waals surface area (Å²) in [6.45, 7) is 4.64. The molecule has 0 fully saturated rings. The van der Waals surface area contributed by atoms with Crippen LogP contribution in [0.2, 0.25) is 0 Å². The van der Waals surface area contributed by atoms with Crippen LogP contribution >= 0.6 is 0 Å². The monoisotopic (exact) mass is 655 g/mol. The Bertz CT molecular complexity index is 2780. The van der Waals surface area contributed by atoms with Crippen molar-refractivity contribution in [2.45, 2.75) is 19.3 Å². The molecule has 242 valence electrons. The van der Waals surface area contributed by atoms with Crippen LogP contribution in [-0.2, 0) is 5.41 Å². The summed E-state index contributed by atoms with van der Waals surface area (Å²) in [5, 5.41) is 3.27. The molecule has 1 aliphatic carbocycles. The van der Waals surface area contributed by atoms with Crippen molar-refractivity contribution in [3.8, 4) is 33.5 Å². The van der Waals surface area contributed by atoms with Gasteiger partial charge in [0.25, 0.3) is 0 Å². The zero-order chi connectivity index (χ0) is 34.1. The fourth-order valence-corrected chi connectivity index (χ4v) is 7.96. The van der Waals surface area contributed by atoms with Crippen LogP contribution in [0.1, 0.15) is 25.0 Å². The molecule has 0 radical (unpaired) electrons. The molecule has 2 aromatic heterocycles. The van der Waals surface area contributed by atoms with Crippen LogP contribution in [0.15, 0.2) is 168 Å². The third-order valence-corrected chi connectivity index (χ3v) is 10.5. The molecule has 0 atom stereocenters. The Labute approximate surface area is 296 Å². The maximum Gasteiger partial charge on any atom is 0.235 e. The Kier molecular flexibility index (Phi) is 6.49. The molecule has 4 heteroatoms. The standard InChI is InChI=1S/C47H33N3O/c1-47(2)40-20-9-6-15-35(40)36-28-27-33(29-41(36)47)50(46-48-42-21-10-7-17-39(42)44(49-46)31-13-4-3-5-14-31)32-25-23-30(24-26-32)34-18-12-19-38-37-16-8-11-22-43(37)51-45(34)38/h3-29H,1-2H3. The summed E-state index contributed by atoms with van der Waals surface area (Å²) in [6, 6.07) is 57.5. The lowest BCUT2D eigenvalue weighted by molar-refractivity contribution is 0.660. The molecule has 4 nitrogen and oxygen atoms in total. The quantitative estimate of drug-likeness (QED) is 0.185. The molecule has 1 aliphatic rings. The van der Waals surface area contributed by atoms with Crippen LogP contribution in [0.3, 0.4) is 0 Å². The van der Waals surface area contributed by atoms with Gasteiger partial charge >= 0.3 is 0 Å². The van der Waals surface area contributed by atoms with E-state index in [0.717, 1.165) is 66.6 Å². The second-order valence-corrected chi connectivity index (χ2v) is 13.8. The van der Waals surface area contributed by atoms with Gasteiger partial charge in [0.15, 0.2) is 0 Å². The molecule has 0 bridgehead atoms. The van der Waals surface area contributed by atoms with Gasteiger partial charge in [-0.15, -0.1) is 0 Å². The number of furan rings is 1. The molecule has 0 spiro atoms. The SMILES string of the molecule is CC1(C)c2ccccc2-c2ccc(N(c3ccc(-c4cccc5c4oc4ccccc45)cc3)c3nc(-c4ccccc4)c4ccccc4n3)cc21. The van der Waals surface area contributed by atoms with Crippen LogP contribution < -0.4 is 4.90 Å². The van der Waals surface area contributed by atoms with E-state index in [4.69, 9.17) is 14.4 Å². The maximum absolute atomic E-state index is 6.41. The van der Waals surface area contributed by atoms with Gasteiger partial charge in [0.05, 0.1) is 11.2 Å². The van der Waals surface area contributed by atoms with E-state index in [2.05, 4.69) is 158 Å². The zero-order valence-electron chi connectivity index (χ0n) is 28.3. The van der Waals surface area contributed by atoms with Crippen molar-refractivity contribution in [2.75, 3.05) is 4.90 Å². The van der Waals surface area contributed by atoms with Gasteiger partial charge in [-0.05, 0) is 64.2 Å². The molecule has 0 saturated carbocycles. The molecule has 51 heavy (non-hydrogen) atoms. The number of rotatable bonds is 5. The highest BCUT2D eigenvalue weighted by Crippen LogP contribution is 2.50. The van der Waals surface area contributed by atoms with Gasteiger partial charge in [-0.1, -0.05) is 141 Å². The van der Waals surface area contributed by atoms with Crippen LogP contribution in [0, 0.1) is 0 Å². The fourth-order valence-electron chi connectivity index (χ4n) is 7.96.